The van der Waals surface area contributed by atoms with E-state index in [0.717, 1.165) is 21.5 Å². The molecular weight excluding hydrogens is 322 g/mol. The summed E-state index contributed by atoms with van der Waals surface area (Å²) in [6, 6.07) is 10.9. The van der Waals surface area contributed by atoms with Crippen molar-refractivity contribution >= 4 is 27.8 Å². The Hall–Kier alpha value is -1.85. The van der Waals surface area contributed by atoms with Crippen LogP contribution in [-0.2, 0) is 11.3 Å². The molecule has 3 rings (SSSR count). The Kier molecular flexibility index (Phi) is 3.71. The number of nitrogens with zero attached hydrogens (tertiary/aromatic N) is 1. The molecule has 5 heteroatoms. The number of phenolic OH excluding ortho intramolecular Hbond substituents is 1. The highest BCUT2D eigenvalue weighted by Gasteiger charge is 2.10. The molecule has 0 aromatic heterocycles. The fourth-order valence-corrected chi connectivity index (χ4v) is 2.29. The van der Waals surface area contributed by atoms with Gasteiger partial charge in [0.1, 0.15) is 11.5 Å². The van der Waals surface area contributed by atoms with Crippen LogP contribution >= 0.6 is 15.9 Å². The zero-order valence-electron chi connectivity index (χ0n) is 10.5. The molecule has 0 atom stereocenters. The summed E-state index contributed by atoms with van der Waals surface area (Å²) in [6.45, 7) is 0.832. The number of halogens is 1. The molecule has 0 spiro atoms. The minimum Gasteiger partial charge on any atom is -0.507 e. The average molecular weight is 334 g/mol. The van der Waals surface area contributed by atoms with Crippen molar-refractivity contribution in [3.05, 3.63) is 52.0 Å². The maximum absolute atomic E-state index is 9.75. The normalized spacial score (nSPS) is 14.1. The zero-order valence-corrected chi connectivity index (χ0v) is 12.1. The van der Waals surface area contributed by atoms with Gasteiger partial charge in [-0.05, 0) is 24.3 Å². The van der Waals surface area contributed by atoms with Crippen molar-refractivity contribution in [1.82, 2.24) is 0 Å². The van der Waals surface area contributed by atoms with Crippen molar-refractivity contribution in [2.24, 2.45) is 4.99 Å². The smallest absolute Gasteiger partial charge is 0.189 e. The van der Waals surface area contributed by atoms with Gasteiger partial charge in [0.15, 0.2) is 6.79 Å². The number of hydrogen-bond donors (Lipinski definition) is 1. The van der Waals surface area contributed by atoms with Crippen molar-refractivity contribution in [1.29, 1.82) is 0 Å². The molecule has 20 heavy (non-hydrogen) atoms. The van der Waals surface area contributed by atoms with Crippen LogP contribution in [0.15, 0.2) is 45.9 Å². The van der Waals surface area contributed by atoms with Gasteiger partial charge in [-0.25, -0.2) is 0 Å². The monoisotopic (exact) mass is 333 g/mol. The number of rotatable bonds is 2. The highest BCUT2D eigenvalue weighted by atomic mass is 79.9. The highest BCUT2D eigenvalue weighted by molar-refractivity contribution is 9.10. The van der Waals surface area contributed by atoms with Gasteiger partial charge in [0, 0.05) is 27.9 Å². The van der Waals surface area contributed by atoms with Gasteiger partial charge >= 0.3 is 0 Å². The van der Waals surface area contributed by atoms with E-state index in [0.29, 0.717) is 12.2 Å². The average Bonchev–Trinajstić information content (AvgIpc) is 2.48. The summed E-state index contributed by atoms with van der Waals surface area (Å²) >= 11 is 3.37. The summed E-state index contributed by atoms with van der Waals surface area (Å²) in [7, 11) is 0. The van der Waals surface area contributed by atoms with Crippen molar-refractivity contribution in [2.45, 2.75) is 6.61 Å². The Bertz CT molecular complexity index is 670. The van der Waals surface area contributed by atoms with E-state index in [1.165, 1.54) is 0 Å². The van der Waals surface area contributed by atoms with E-state index in [9.17, 15) is 5.11 Å². The third-order valence-electron chi connectivity index (χ3n) is 2.95. The number of benzene rings is 2. The molecule has 1 aliphatic rings. The summed E-state index contributed by atoms with van der Waals surface area (Å²) in [6.07, 6.45) is 1.63. The SMILES string of the molecule is Oc1ccc(Br)cc1C=Nc1ccc2c(c1)OCOC2. The van der Waals surface area contributed by atoms with E-state index < -0.39 is 0 Å². The van der Waals surface area contributed by atoms with Crippen LogP contribution in [0, 0.1) is 0 Å². The minimum atomic E-state index is 0.194. The maximum atomic E-state index is 9.75. The van der Waals surface area contributed by atoms with Crippen LogP contribution in [0.5, 0.6) is 11.5 Å². The van der Waals surface area contributed by atoms with Crippen LogP contribution in [0.4, 0.5) is 5.69 Å². The third-order valence-corrected chi connectivity index (χ3v) is 3.44. The summed E-state index contributed by atoms with van der Waals surface area (Å²) < 4.78 is 11.5. The van der Waals surface area contributed by atoms with Gasteiger partial charge in [-0.3, -0.25) is 4.99 Å². The summed E-state index contributed by atoms with van der Waals surface area (Å²) in [5.41, 5.74) is 2.44. The highest BCUT2D eigenvalue weighted by Crippen LogP contribution is 2.28. The number of phenols is 1. The molecule has 0 amide bonds. The van der Waals surface area contributed by atoms with Gasteiger partial charge in [0.2, 0.25) is 0 Å². The standard InChI is InChI=1S/C15H12BrNO3/c16-12-2-4-14(18)11(5-12)7-17-13-3-1-10-8-19-9-20-15(10)6-13/h1-7,18H,8-9H2. The molecule has 0 bridgehead atoms. The molecule has 4 nitrogen and oxygen atoms in total. The summed E-state index contributed by atoms with van der Waals surface area (Å²) in [5, 5.41) is 9.75. The van der Waals surface area contributed by atoms with Crippen LogP contribution in [0.3, 0.4) is 0 Å². The Morgan fingerprint density at radius 3 is 3.00 bits per heavy atom. The first kappa shape index (κ1) is 13.1. The Labute approximate surface area is 124 Å². The molecule has 0 unspecified atom stereocenters. The van der Waals surface area contributed by atoms with Gasteiger partial charge in [-0.1, -0.05) is 22.0 Å². The first-order valence-corrected chi connectivity index (χ1v) is 6.88. The number of ether oxygens (including phenoxy) is 2. The van der Waals surface area contributed by atoms with Crippen molar-refractivity contribution in [3.63, 3.8) is 0 Å². The van der Waals surface area contributed by atoms with Crippen LogP contribution < -0.4 is 4.74 Å². The van der Waals surface area contributed by atoms with E-state index in [1.807, 2.05) is 24.3 Å². The number of fused-ring (bicyclic) bond motifs is 1. The van der Waals surface area contributed by atoms with E-state index in [-0.39, 0.29) is 12.5 Å². The number of aromatic hydroxyl groups is 1. The predicted octanol–water partition coefficient (Wildman–Crippen LogP) is 3.77. The van der Waals surface area contributed by atoms with Crippen molar-refractivity contribution < 1.29 is 14.6 Å². The zero-order chi connectivity index (χ0) is 13.9. The second-order valence-electron chi connectivity index (χ2n) is 4.36. The molecule has 1 aliphatic heterocycles. The molecule has 2 aromatic rings. The Morgan fingerprint density at radius 1 is 1.20 bits per heavy atom. The lowest BCUT2D eigenvalue weighted by Crippen LogP contribution is -2.10. The van der Waals surface area contributed by atoms with Gasteiger partial charge in [-0.15, -0.1) is 0 Å². The van der Waals surface area contributed by atoms with Gasteiger partial charge in [0.25, 0.3) is 0 Å². The number of hydrogen-bond acceptors (Lipinski definition) is 4. The van der Waals surface area contributed by atoms with Crippen LogP contribution in [-0.4, -0.2) is 18.1 Å². The van der Waals surface area contributed by atoms with Crippen LogP contribution in [0.2, 0.25) is 0 Å². The quantitative estimate of drug-likeness (QED) is 0.851. The van der Waals surface area contributed by atoms with Crippen LogP contribution in [0.25, 0.3) is 0 Å². The molecule has 102 valence electrons. The number of aliphatic imine (C=N–C) groups is 1. The molecule has 0 radical (unpaired) electrons. The molecule has 1 N–H and O–H groups in total. The first-order valence-electron chi connectivity index (χ1n) is 6.08. The molecule has 1 heterocycles. The van der Waals surface area contributed by atoms with E-state index in [4.69, 9.17) is 9.47 Å². The lowest BCUT2D eigenvalue weighted by Gasteiger charge is -2.17. The third kappa shape index (κ3) is 2.84. The molecule has 0 aliphatic carbocycles. The lowest BCUT2D eigenvalue weighted by atomic mass is 10.2. The summed E-state index contributed by atoms with van der Waals surface area (Å²) in [5.74, 6) is 0.990. The topological polar surface area (TPSA) is 51.1 Å². The fraction of sp³-hybridized carbons (Fsp3) is 0.133. The Morgan fingerprint density at radius 2 is 2.10 bits per heavy atom. The van der Waals surface area contributed by atoms with Gasteiger partial charge in [-0.2, -0.15) is 0 Å². The predicted molar refractivity (Wildman–Crippen MR) is 79.8 cm³/mol. The largest absolute Gasteiger partial charge is 0.507 e. The van der Waals surface area contributed by atoms with Gasteiger partial charge in [0.05, 0.1) is 12.3 Å². The fourth-order valence-electron chi connectivity index (χ4n) is 1.91. The Balaban J connectivity index is 1.87. The molecule has 0 fully saturated rings. The van der Waals surface area contributed by atoms with Crippen molar-refractivity contribution in [2.75, 3.05) is 6.79 Å². The van der Waals surface area contributed by atoms with E-state index >= 15 is 0 Å². The maximum Gasteiger partial charge on any atom is 0.189 e. The lowest BCUT2D eigenvalue weighted by molar-refractivity contribution is -0.0163. The first-order chi connectivity index (χ1) is 9.72. The second-order valence-corrected chi connectivity index (χ2v) is 5.28. The van der Waals surface area contributed by atoms with Gasteiger partial charge < -0.3 is 14.6 Å². The van der Waals surface area contributed by atoms with E-state index in [1.54, 1.807) is 18.3 Å². The minimum absolute atomic E-state index is 0.194. The molecule has 0 saturated carbocycles. The summed E-state index contributed by atoms with van der Waals surface area (Å²) in [4.78, 5) is 4.36. The van der Waals surface area contributed by atoms with Crippen molar-refractivity contribution in [3.8, 4) is 11.5 Å². The molecule has 0 saturated heterocycles. The van der Waals surface area contributed by atoms with Crippen LogP contribution in [0.1, 0.15) is 11.1 Å². The molecular formula is C15H12BrNO3. The van der Waals surface area contributed by atoms with E-state index in [2.05, 4.69) is 20.9 Å². The molecule has 2 aromatic carbocycles. The second kappa shape index (κ2) is 5.64.